The molecule has 142 valence electrons. The molecule has 27 heavy (non-hydrogen) atoms. The van der Waals surface area contributed by atoms with E-state index in [1.807, 2.05) is 6.92 Å². The van der Waals surface area contributed by atoms with E-state index in [0.717, 1.165) is 0 Å². The van der Waals surface area contributed by atoms with Crippen molar-refractivity contribution in [1.29, 1.82) is 0 Å². The molecule has 0 aliphatic carbocycles. The number of hydrogen-bond acceptors (Lipinski definition) is 7. The van der Waals surface area contributed by atoms with Gasteiger partial charge in [0.1, 0.15) is 0 Å². The lowest BCUT2D eigenvalue weighted by molar-refractivity contribution is -0.147. The smallest absolute Gasteiger partial charge is 0.308 e. The van der Waals surface area contributed by atoms with Crippen LogP contribution >= 0.6 is 0 Å². The predicted octanol–water partition coefficient (Wildman–Crippen LogP) is 1.21. The van der Waals surface area contributed by atoms with E-state index in [-0.39, 0.29) is 12.3 Å². The van der Waals surface area contributed by atoms with E-state index >= 15 is 0 Å². The summed E-state index contributed by atoms with van der Waals surface area (Å²) in [6, 6.07) is 8.18. The number of nitrogens with zero attached hydrogens (tertiary/aromatic N) is 2. The van der Waals surface area contributed by atoms with Gasteiger partial charge in [-0.2, -0.15) is 0 Å². The average molecular weight is 371 g/mol. The number of carbonyl (C=O) groups is 3. The summed E-state index contributed by atoms with van der Waals surface area (Å²) in [6.45, 7) is 2.21. The SMILES string of the molecule is CCNC(=O)c1cccc(NC(=O)COC(=O)CCNc2ncccn2)c1. The topological polar surface area (TPSA) is 122 Å². The largest absolute Gasteiger partial charge is 0.456 e. The summed E-state index contributed by atoms with van der Waals surface area (Å²) in [6.07, 6.45) is 3.23. The predicted molar refractivity (Wildman–Crippen MR) is 99.2 cm³/mol. The Morgan fingerprint density at radius 3 is 2.63 bits per heavy atom. The molecule has 0 spiro atoms. The zero-order chi connectivity index (χ0) is 19.5. The number of benzene rings is 1. The zero-order valence-corrected chi connectivity index (χ0v) is 14.9. The third-order valence-electron chi connectivity index (χ3n) is 3.29. The number of ether oxygens (including phenoxy) is 1. The molecule has 9 heteroatoms. The van der Waals surface area contributed by atoms with E-state index in [1.165, 1.54) is 0 Å². The molecule has 0 aliphatic heterocycles. The minimum atomic E-state index is -0.523. The van der Waals surface area contributed by atoms with Crippen LogP contribution in [0.3, 0.4) is 0 Å². The molecule has 2 rings (SSSR count). The van der Waals surface area contributed by atoms with E-state index in [1.54, 1.807) is 42.7 Å². The lowest BCUT2D eigenvalue weighted by Gasteiger charge is -2.08. The van der Waals surface area contributed by atoms with Gasteiger partial charge < -0.3 is 20.7 Å². The van der Waals surface area contributed by atoms with Gasteiger partial charge in [-0.25, -0.2) is 9.97 Å². The second-order valence-corrected chi connectivity index (χ2v) is 5.40. The first kappa shape index (κ1) is 19.8. The van der Waals surface area contributed by atoms with E-state index in [9.17, 15) is 14.4 Å². The number of anilines is 2. The van der Waals surface area contributed by atoms with Gasteiger partial charge in [0.2, 0.25) is 5.95 Å². The molecule has 0 radical (unpaired) electrons. The molecule has 9 nitrogen and oxygen atoms in total. The maximum atomic E-state index is 11.9. The highest BCUT2D eigenvalue weighted by Gasteiger charge is 2.10. The number of hydrogen-bond donors (Lipinski definition) is 3. The van der Waals surface area contributed by atoms with Crippen molar-refractivity contribution in [2.24, 2.45) is 0 Å². The third kappa shape index (κ3) is 7.10. The van der Waals surface area contributed by atoms with Gasteiger partial charge in [0.05, 0.1) is 6.42 Å². The molecule has 1 aromatic carbocycles. The van der Waals surface area contributed by atoms with Gasteiger partial charge in [-0.1, -0.05) is 6.07 Å². The molecule has 2 aromatic rings. The number of carbonyl (C=O) groups excluding carboxylic acids is 3. The third-order valence-corrected chi connectivity index (χ3v) is 3.29. The van der Waals surface area contributed by atoms with Crippen molar-refractivity contribution in [3.05, 3.63) is 48.3 Å². The molecular formula is C18H21N5O4. The second-order valence-electron chi connectivity index (χ2n) is 5.40. The van der Waals surface area contributed by atoms with Crippen LogP contribution in [0.2, 0.25) is 0 Å². The number of esters is 1. The Morgan fingerprint density at radius 1 is 1.11 bits per heavy atom. The van der Waals surface area contributed by atoms with Crippen molar-refractivity contribution in [3.8, 4) is 0 Å². The van der Waals surface area contributed by atoms with Crippen LogP contribution in [0.4, 0.5) is 11.6 Å². The lowest BCUT2D eigenvalue weighted by Crippen LogP contribution is -2.24. The number of aromatic nitrogens is 2. The van der Waals surface area contributed by atoms with Gasteiger partial charge in [-0.05, 0) is 31.2 Å². The lowest BCUT2D eigenvalue weighted by atomic mass is 10.2. The molecule has 3 N–H and O–H groups in total. The van der Waals surface area contributed by atoms with Crippen LogP contribution < -0.4 is 16.0 Å². The highest BCUT2D eigenvalue weighted by Crippen LogP contribution is 2.10. The number of rotatable bonds is 9. The van der Waals surface area contributed by atoms with Gasteiger partial charge in [-0.15, -0.1) is 0 Å². The molecule has 0 saturated heterocycles. The molecular weight excluding hydrogens is 350 g/mol. The summed E-state index contributed by atoms with van der Waals surface area (Å²) >= 11 is 0. The van der Waals surface area contributed by atoms with Crippen LogP contribution in [0.15, 0.2) is 42.7 Å². The molecule has 0 unspecified atom stereocenters. The first-order valence-electron chi connectivity index (χ1n) is 8.43. The summed E-state index contributed by atoms with van der Waals surface area (Å²) in [5.41, 5.74) is 0.878. The molecule has 0 fully saturated rings. The van der Waals surface area contributed by atoms with Crippen LogP contribution in [0, 0.1) is 0 Å². The highest BCUT2D eigenvalue weighted by molar-refractivity contribution is 5.97. The molecule has 0 atom stereocenters. The van der Waals surface area contributed by atoms with E-state index in [0.29, 0.717) is 30.3 Å². The Labute approximate surface area is 156 Å². The van der Waals surface area contributed by atoms with Crippen LogP contribution in [0.5, 0.6) is 0 Å². The standard InChI is InChI=1S/C18H21N5O4/c1-2-19-17(26)13-5-3-6-14(11-13)23-15(24)12-27-16(25)7-10-22-18-20-8-4-9-21-18/h3-6,8-9,11H,2,7,10,12H2,1H3,(H,19,26)(H,23,24)(H,20,21,22). The normalized spacial score (nSPS) is 9.96. The first-order valence-corrected chi connectivity index (χ1v) is 8.43. The minimum Gasteiger partial charge on any atom is -0.456 e. The Morgan fingerprint density at radius 2 is 1.89 bits per heavy atom. The van der Waals surface area contributed by atoms with Crippen LogP contribution in [-0.4, -0.2) is 47.4 Å². The quantitative estimate of drug-likeness (QED) is 0.566. The summed E-state index contributed by atoms with van der Waals surface area (Å²) in [5.74, 6) is -0.828. The Balaban J connectivity index is 1.71. The molecule has 1 aromatic heterocycles. The minimum absolute atomic E-state index is 0.0677. The molecule has 0 aliphatic rings. The van der Waals surface area contributed by atoms with Crippen molar-refractivity contribution >= 4 is 29.4 Å². The van der Waals surface area contributed by atoms with E-state index < -0.39 is 18.5 Å². The van der Waals surface area contributed by atoms with Gasteiger partial charge in [-0.3, -0.25) is 14.4 Å². The Kier molecular flexibility index (Phi) is 7.70. The summed E-state index contributed by atoms with van der Waals surface area (Å²) in [7, 11) is 0. The summed E-state index contributed by atoms with van der Waals surface area (Å²) in [4.78, 5) is 43.3. The van der Waals surface area contributed by atoms with E-state index in [4.69, 9.17) is 4.74 Å². The van der Waals surface area contributed by atoms with Crippen molar-refractivity contribution < 1.29 is 19.1 Å². The van der Waals surface area contributed by atoms with Gasteiger partial charge in [0, 0.05) is 36.7 Å². The zero-order valence-electron chi connectivity index (χ0n) is 14.9. The molecule has 1 heterocycles. The Bertz CT molecular complexity index is 782. The van der Waals surface area contributed by atoms with E-state index in [2.05, 4.69) is 25.9 Å². The molecule has 2 amide bonds. The monoisotopic (exact) mass is 371 g/mol. The molecule has 0 saturated carbocycles. The maximum absolute atomic E-state index is 11.9. The van der Waals surface area contributed by atoms with Gasteiger partial charge in [0.15, 0.2) is 6.61 Å². The highest BCUT2D eigenvalue weighted by atomic mass is 16.5. The first-order chi connectivity index (χ1) is 13.1. The van der Waals surface area contributed by atoms with Crippen molar-refractivity contribution in [1.82, 2.24) is 15.3 Å². The van der Waals surface area contributed by atoms with Gasteiger partial charge >= 0.3 is 5.97 Å². The maximum Gasteiger partial charge on any atom is 0.308 e. The number of nitrogens with one attached hydrogen (secondary N) is 3. The Hall–Kier alpha value is -3.49. The summed E-state index contributed by atoms with van der Waals surface area (Å²) < 4.78 is 4.92. The fraction of sp³-hybridized carbons (Fsp3) is 0.278. The second kappa shape index (κ2) is 10.5. The average Bonchev–Trinajstić information content (AvgIpc) is 2.68. The van der Waals surface area contributed by atoms with Crippen molar-refractivity contribution in [2.45, 2.75) is 13.3 Å². The fourth-order valence-electron chi connectivity index (χ4n) is 2.08. The van der Waals surface area contributed by atoms with Gasteiger partial charge in [0.25, 0.3) is 11.8 Å². The van der Waals surface area contributed by atoms with Crippen molar-refractivity contribution in [2.75, 3.05) is 30.3 Å². The molecule has 0 bridgehead atoms. The number of amides is 2. The fourth-order valence-corrected chi connectivity index (χ4v) is 2.08. The van der Waals surface area contributed by atoms with Crippen molar-refractivity contribution in [3.63, 3.8) is 0 Å². The van der Waals surface area contributed by atoms with Crippen LogP contribution in [0.25, 0.3) is 0 Å². The van der Waals surface area contributed by atoms with Crippen LogP contribution in [0.1, 0.15) is 23.7 Å². The van der Waals surface area contributed by atoms with Crippen LogP contribution in [-0.2, 0) is 14.3 Å². The summed E-state index contributed by atoms with van der Waals surface area (Å²) in [5, 5.41) is 8.13.